The maximum Gasteiger partial charge on any atom is 0.276 e. The summed E-state index contributed by atoms with van der Waals surface area (Å²) in [5.41, 5.74) is 2.20. The van der Waals surface area contributed by atoms with Gasteiger partial charge in [0, 0.05) is 19.2 Å². The molecule has 0 fully saturated rings. The second-order valence-electron chi connectivity index (χ2n) is 4.54. The number of rotatable bonds is 2. The molecule has 0 atom stereocenters. The van der Waals surface area contributed by atoms with Crippen molar-refractivity contribution in [1.29, 1.82) is 0 Å². The van der Waals surface area contributed by atoms with Gasteiger partial charge < -0.3 is 10.4 Å². The van der Waals surface area contributed by atoms with Crippen molar-refractivity contribution in [2.45, 2.75) is 0 Å². The van der Waals surface area contributed by atoms with Crippen LogP contribution in [0.2, 0.25) is 0 Å². The lowest BCUT2D eigenvalue weighted by molar-refractivity contribution is -0.110. The Kier molecular flexibility index (Phi) is 4.25. The second-order valence-corrected chi connectivity index (χ2v) is 6.70. The average molecular weight is 470 g/mol. The molecule has 22 heavy (non-hydrogen) atoms. The number of fused-ring (bicyclic) bond motifs is 1. The summed E-state index contributed by atoms with van der Waals surface area (Å²) in [5.74, 6) is -0.180. The maximum absolute atomic E-state index is 11.9. The molecule has 5 nitrogen and oxygen atoms in total. The number of hydrogen-bond donors (Lipinski definition) is 2. The Labute approximate surface area is 148 Å². The Morgan fingerprint density at radius 1 is 1.23 bits per heavy atom. The summed E-state index contributed by atoms with van der Waals surface area (Å²) >= 11 is 5.51. The smallest absolute Gasteiger partial charge is 0.276 e. The molecule has 1 aliphatic heterocycles. The summed E-state index contributed by atoms with van der Waals surface area (Å²) in [6.07, 6.45) is 1.42. The number of phenols is 1. The lowest BCUT2D eigenvalue weighted by atomic mass is 10.1. The van der Waals surface area contributed by atoms with Crippen LogP contribution in [0.4, 0.5) is 5.69 Å². The topological polar surface area (TPSA) is 74.0 Å². The summed E-state index contributed by atoms with van der Waals surface area (Å²) in [4.78, 5) is 11.9. The molecule has 3 rings (SSSR count). The number of carbonyl (C=O) groups is 1. The Bertz CT molecular complexity index is 834. The van der Waals surface area contributed by atoms with Crippen molar-refractivity contribution in [1.82, 2.24) is 0 Å². The third-order valence-electron chi connectivity index (χ3n) is 3.04. The minimum absolute atomic E-state index is 0.114. The van der Waals surface area contributed by atoms with E-state index in [-0.39, 0.29) is 17.4 Å². The molecule has 7 heteroatoms. The minimum atomic E-state index is -0.294. The van der Waals surface area contributed by atoms with Gasteiger partial charge in [0.25, 0.3) is 5.91 Å². The molecule has 0 saturated heterocycles. The molecule has 1 aliphatic rings. The van der Waals surface area contributed by atoms with E-state index < -0.39 is 0 Å². The van der Waals surface area contributed by atoms with Gasteiger partial charge in [-0.05, 0) is 59.0 Å². The van der Waals surface area contributed by atoms with Crippen molar-refractivity contribution in [2.24, 2.45) is 10.2 Å². The van der Waals surface area contributed by atoms with Gasteiger partial charge in [0.2, 0.25) is 0 Å². The average Bonchev–Trinajstić information content (AvgIpc) is 2.78. The normalized spacial score (nSPS) is 15.4. The van der Waals surface area contributed by atoms with Gasteiger partial charge in [-0.25, -0.2) is 0 Å². The van der Waals surface area contributed by atoms with Crippen LogP contribution in [-0.4, -0.2) is 22.9 Å². The van der Waals surface area contributed by atoms with E-state index in [0.29, 0.717) is 16.8 Å². The summed E-state index contributed by atoms with van der Waals surface area (Å²) in [6, 6.07) is 10.6. The van der Waals surface area contributed by atoms with Crippen molar-refractivity contribution >= 4 is 62.0 Å². The van der Waals surface area contributed by atoms with Crippen LogP contribution in [0.3, 0.4) is 0 Å². The number of aromatic hydroxyl groups is 1. The number of benzene rings is 2. The van der Waals surface area contributed by atoms with Crippen LogP contribution in [0.15, 0.2) is 51.1 Å². The zero-order valence-electron chi connectivity index (χ0n) is 11.0. The van der Waals surface area contributed by atoms with E-state index in [2.05, 4.69) is 54.0 Å². The van der Waals surface area contributed by atoms with Gasteiger partial charge in [0.05, 0.1) is 11.9 Å². The number of carbonyl (C=O) groups excluding carboxylic acids is 1. The van der Waals surface area contributed by atoms with Crippen molar-refractivity contribution < 1.29 is 9.90 Å². The second kappa shape index (κ2) is 6.17. The van der Waals surface area contributed by atoms with Crippen molar-refractivity contribution in [3.05, 3.63) is 55.6 Å². The highest BCUT2D eigenvalue weighted by atomic mass is 127. The number of anilines is 1. The van der Waals surface area contributed by atoms with Crippen LogP contribution >= 0.6 is 38.5 Å². The molecule has 0 unspecified atom stereocenters. The summed E-state index contributed by atoms with van der Waals surface area (Å²) in [7, 11) is 0. The fraction of sp³-hybridized carbons (Fsp3) is 0. The molecule has 1 heterocycles. The predicted molar refractivity (Wildman–Crippen MR) is 97.7 cm³/mol. The highest BCUT2D eigenvalue weighted by molar-refractivity contribution is 14.1. The molecule has 0 bridgehead atoms. The van der Waals surface area contributed by atoms with Gasteiger partial charge in [0.1, 0.15) is 5.75 Å². The first kappa shape index (κ1) is 15.2. The van der Waals surface area contributed by atoms with Crippen LogP contribution in [0.5, 0.6) is 5.75 Å². The fourth-order valence-corrected chi connectivity index (χ4v) is 2.88. The minimum Gasteiger partial charge on any atom is -0.507 e. The SMILES string of the molecule is O=C1Nc2ccc(Br)cc2/C1=N\N=C/c1cc(I)ccc1O. The molecule has 2 aromatic rings. The monoisotopic (exact) mass is 469 g/mol. The Balaban J connectivity index is 1.93. The number of amides is 1. The van der Waals surface area contributed by atoms with E-state index in [0.717, 1.165) is 8.04 Å². The molecule has 0 aromatic heterocycles. The van der Waals surface area contributed by atoms with Gasteiger partial charge in [-0.15, -0.1) is 5.10 Å². The Morgan fingerprint density at radius 3 is 2.86 bits per heavy atom. The third kappa shape index (κ3) is 3.05. The number of phenolic OH excluding ortho intramolecular Hbond substituents is 1. The first-order valence-corrected chi connectivity index (χ1v) is 8.12. The van der Waals surface area contributed by atoms with E-state index in [1.165, 1.54) is 6.21 Å². The Hall–Kier alpha value is -1.74. The van der Waals surface area contributed by atoms with E-state index >= 15 is 0 Å². The predicted octanol–water partition coefficient (Wildman–Crippen LogP) is 3.53. The number of nitrogens with zero attached hydrogens (tertiary/aromatic N) is 2. The van der Waals surface area contributed by atoms with Gasteiger partial charge in [-0.1, -0.05) is 15.9 Å². The lowest BCUT2D eigenvalue weighted by Gasteiger charge is -1.98. The highest BCUT2D eigenvalue weighted by Crippen LogP contribution is 2.27. The summed E-state index contributed by atoms with van der Waals surface area (Å²) in [5, 5.41) is 20.4. The van der Waals surface area contributed by atoms with E-state index in [9.17, 15) is 9.90 Å². The fourth-order valence-electron chi connectivity index (χ4n) is 2.00. The van der Waals surface area contributed by atoms with E-state index in [4.69, 9.17) is 0 Å². The first-order chi connectivity index (χ1) is 10.5. The number of halogens is 2. The van der Waals surface area contributed by atoms with E-state index in [1.54, 1.807) is 24.3 Å². The molecular formula is C15H9BrIN3O2. The zero-order valence-corrected chi connectivity index (χ0v) is 14.8. The van der Waals surface area contributed by atoms with Crippen LogP contribution in [-0.2, 0) is 4.79 Å². The quantitative estimate of drug-likeness (QED) is 0.401. The molecule has 0 aliphatic carbocycles. The van der Waals surface area contributed by atoms with Crippen LogP contribution < -0.4 is 5.32 Å². The van der Waals surface area contributed by atoms with Crippen molar-refractivity contribution in [2.75, 3.05) is 5.32 Å². The maximum atomic E-state index is 11.9. The molecule has 0 saturated carbocycles. The first-order valence-electron chi connectivity index (χ1n) is 6.25. The van der Waals surface area contributed by atoms with Gasteiger partial charge >= 0.3 is 0 Å². The van der Waals surface area contributed by atoms with Crippen molar-refractivity contribution in [3.63, 3.8) is 0 Å². The van der Waals surface area contributed by atoms with Crippen LogP contribution in [0.25, 0.3) is 0 Å². The summed E-state index contributed by atoms with van der Waals surface area (Å²) < 4.78 is 1.83. The molecular weight excluding hydrogens is 461 g/mol. The third-order valence-corrected chi connectivity index (χ3v) is 4.21. The van der Waals surface area contributed by atoms with Gasteiger partial charge in [0.15, 0.2) is 5.71 Å². The summed E-state index contributed by atoms with van der Waals surface area (Å²) in [6.45, 7) is 0. The molecule has 1 amide bonds. The van der Waals surface area contributed by atoms with Crippen LogP contribution in [0.1, 0.15) is 11.1 Å². The molecule has 0 radical (unpaired) electrons. The zero-order chi connectivity index (χ0) is 15.7. The lowest BCUT2D eigenvalue weighted by Crippen LogP contribution is -2.13. The van der Waals surface area contributed by atoms with Crippen LogP contribution in [0, 0.1) is 3.57 Å². The Morgan fingerprint density at radius 2 is 2.05 bits per heavy atom. The van der Waals surface area contributed by atoms with E-state index in [1.807, 2.05) is 12.1 Å². The molecule has 2 aromatic carbocycles. The van der Waals surface area contributed by atoms with Gasteiger partial charge in [-0.3, -0.25) is 4.79 Å². The molecule has 0 spiro atoms. The molecule has 2 N–H and O–H groups in total. The number of hydrogen-bond acceptors (Lipinski definition) is 4. The van der Waals surface area contributed by atoms with Gasteiger partial charge in [-0.2, -0.15) is 5.10 Å². The number of nitrogens with one attached hydrogen (secondary N) is 1. The largest absolute Gasteiger partial charge is 0.507 e. The highest BCUT2D eigenvalue weighted by Gasteiger charge is 2.26. The van der Waals surface area contributed by atoms with Crippen molar-refractivity contribution in [3.8, 4) is 5.75 Å². The standard InChI is InChI=1S/C15H9BrIN3O2/c16-9-1-3-12-11(6-9)14(15(22)19-12)20-18-7-8-5-10(17)2-4-13(8)21/h1-7,21H,(H,19,20,22)/b18-7-. The molecule has 110 valence electrons.